The predicted octanol–water partition coefficient (Wildman–Crippen LogP) is 4.17. The minimum absolute atomic E-state index is 0.257. The van der Waals surface area contributed by atoms with E-state index >= 15 is 0 Å². The third kappa shape index (κ3) is 4.66. The quantitative estimate of drug-likeness (QED) is 0.563. The number of hydrogen-bond acceptors (Lipinski definition) is 6. The first-order valence-electron chi connectivity index (χ1n) is 8.81. The molecule has 0 saturated carbocycles. The highest BCUT2D eigenvalue weighted by Gasteiger charge is 2.17. The Morgan fingerprint density at radius 1 is 1.11 bits per heavy atom. The molecule has 0 N–H and O–H groups in total. The maximum atomic E-state index is 12.4. The number of fused-ring (bicyclic) bond motifs is 1. The molecule has 0 atom stereocenters. The molecule has 0 bridgehead atoms. The molecule has 0 aliphatic carbocycles. The maximum Gasteiger partial charge on any atom is 0.338 e. The molecule has 0 spiro atoms. The molecule has 1 aromatic carbocycles. The smallest absolute Gasteiger partial charge is 0.338 e. The van der Waals surface area contributed by atoms with E-state index < -0.39 is 5.97 Å². The Hall–Kier alpha value is -2.51. The normalized spacial score (nSPS) is 10.9. The molecule has 0 aliphatic rings. The van der Waals surface area contributed by atoms with E-state index in [9.17, 15) is 9.59 Å². The second-order valence-corrected chi connectivity index (χ2v) is 8.09. The molecule has 0 saturated heterocycles. The Morgan fingerprint density at radius 3 is 2.46 bits per heavy atom. The topological polar surface area (TPSA) is 72.4 Å². The predicted molar refractivity (Wildman–Crippen MR) is 110 cm³/mol. The number of thiophene rings is 1. The molecule has 2 heterocycles. The molecule has 2 aromatic heterocycles. The summed E-state index contributed by atoms with van der Waals surface area (Å²) in [6.45, 7) is 6.26. The van der Waals surface area contributed by atoms with Crippen molar-refractivity contribution in [2.75, 3.05) is 13.2 Å². The van der Waals surface area contributed by atoms with E-state index in [-0.39, 0.29) is 12.5 Å². The molecule has 28 heavy (non-hydrogen) atoms. The van der Waals surface area contributed by atoms with E-state index in [1.165, 1.54) is 11.3 Å². The van der Waals surface area contributed by atoms with E-state index in [4.69, 9.17) is 16.3 Å². The van der Waals surface area contributed by atoms with Gasteiger partial charge in [-0.1, -0.05) is 11.6 Å². The number of likely N-dealkylation sites (N-methyl/N-ethyl adjacent to an activating group) is 1. The number of ether oxygens (including phenoxy) is 1. The number of carbonyl (C=O) groups excluding carboxylic acids is 2. The molecule has 0 radical (unpaired) electrons. The van der Waals surface area contributed by atoms with Crippen LogP contribution in [0.4, 0.5) is 0 Å². The number of aryl methyl sites for hydroxylation is 2. The lowest BCUT2D eigenvalue weighted by molar-refractivity contribution is -0.134. The van der Waals surface area contributed by atoms with Gasteiger partial charge in [-0.2, -0.15) is 0 Å². The van der Waals surface area contributed by atoms with Crippen molar-refractivity contribution in [2.45, 2.75) is 27.3 Å². The van der Waals surface area contributed by atoms with Crippen molar-refractivity contribution in [3.63, 3.8) is 0 Å². The van der Waals surface area contributed by atoms with Gasteiger partial charge in [0.15, 0.2) is 6.61 Å². The van der Waals surface area contributed by atoms with Crippen molar-refractivity contribution in [2.24, 2.45) is 0 Å². The molecule has 0 fully saturated rings. The van der Waals surface area contributed by atoms with Gasteiger partial charge in [0.2, 0.25) is 0 Å². The molecular weight excluding hydrogens is 398 g/mol. The van der Waals surface area contributed by atoms with E-state index in [1.807, 2.05) is 26.8 Å². The first-order chi connectivity index (χ1) is 13.4. The molecular formula is C20H20ClN3O3S. The number of benzene rings is 1. The maximum absolute atomic E-state index is 12.4. The van der Waals surface area contributed by atoms with Crippen molar-refractivity contribution < 1.29 is 14.3 Å². The highest BCUT2D eigenvalue weighted by atomic mass is 35.5. The summed E-state index contributed by atoms with van der Waals surface area (Å²) in [6, 6.07) is 8.67. The Balaban J connectivity index is 1.64. The van der Waals surface area contributed by atoms with Crippen LogP contribution in [-0.4, -0.2) is 39.9 Å². The number of esters is 1. The number of aromatic nitrogens is 2. The van der Waals surface area contributed by atoms with E-state index in [0.717, 1.165) is 16.3 Å². The zero-order valence-corrected chi connectivity index (χ0v) is 17.4. The SMILES string of the molecule is CCN(Cc1ccc(Cl)s1)C(=O)COC(=O)c1ccc2nc(C)c(C)nc2c1. The van der Waals surface area contributed by atoms with Crippen LogP contribution < -0.4 is 0 Å². The largest absolute Gasteiger partial charge is 0.452 e. The average molecular weight is 418 g/mol. The van der Waals surface area contributed by atoms with E-state index in [2.05, 4.69) is 9.97 Å². The number of hydrogen-bond donors (Lipinski definition) is 0. The molecule has 0 unspecified atom stereocenters. The lowest BCUT2D eigenvalue weighted by Crippen LogP contribution is -2.33. The van der Waals surface area contributed by atoms with Gasteiger partial charge in [-0.3, -0.25) is 4.79 Å². The summed E-state index contributed by atoms with van der Waals surface area (Å²) in [6.07, 6.45) is 0. The Labute approximate surface area is 172 Å². The van der Waals surface area contributed by atoms with Crippen LogP contribution in [0, 0.1) is 13.8 Å². The van der Waals surface area contributed by atoms with Gasteiger partial charge in [-0.05, 0) is 51.1 Å². The number of nitrogens with zero attached hydrogens (tertiary/aromatic N) is 3. The highest BCUT2D eigenvalue weighted by Crippen LogP contribution is 2.22. The third-order valence-electron chi connectivity index (χ3n) is 4.35. The minimum atomic E-state index is -0.564. The number of rotatable bonds is 6. The monoisotopic (exact) mass is 417 g/mol. The summed E-state index contributed by atoms with van der Waals surface area (Å²) in [4.78, 5) is 36.3. The summed E-state index contributed by atoms with van der Waals surface area (Å²) in [5, 5.41) is 0. The van der Waals surface area contributed by atoms with Gasteiger partial charge in [0.1, 0.15) is 0 Å². The van der Waals surface area contributed by atoms with Gasteiger partial charge in [-0.15, -0.1) is 11.3 Å². The summed E-state index contributed by atoms with van der Waals surface area (Å²) in [7, 11) is 0. The molecule has 0 aliphatic heterocycles. The van der Waals surface area contributed by atoms with Crippen LogP contribution >= 0.6 is 22.9 Å². The second-order valence-electron chi connectivity index (χ2n) is 6.29. The standard InChI is InChI=1S/C20H20ClN3O3S/c1-4-24(10-15-6-8-18(21)28-15)19(25)11-27-20(26)14-5-7-16-17(9-14)23-13(3)12(2)22-16/h5-9H,4,10-11H2,1-3H3. The first-order valence-corrected chi connectivity index (χ1v) is 10.0. The van der Waals surface area contributed by atoms with Crippen molar-refractivity contribution in [3.05, 3.63) is 56.5 Å². The third-order valence-corrected chi connectivity index (χ3v) is 5.56. The van der Waals surface area contributed by atoms with Gasteiger partial charge in [-0.25, -0.2) is 14.8 Å². The molecule has 146 valence electrons. The van der Waals surface area contributed by atoms with Crippen molar-refractivity contribution in [1.82, 2.24) is 14.9 Å². The van der Waals surface area contributed by atoms with Crippen LogP contribution in [0.5, 0.6) is 0 Å². The van der Waals surface area contributed by atoms with Gasteiger partial charge in [0, 0.05) is 11.4 Å². The average Bonchev–Trinajstić information content (AvgIpc) is 3.09. The van der Waals surface area contributed by atoms with Crippen molar-refractivity contribution >= 4 is 45.8 Å². The Morgan fingerprint density at radius 2 is 1.82 bits per heavy atom. The number of carbonyl (C=O) groups is 2. The Kier molecular flexibility index (Phi) is 6.26. The molecule has 8 heteroatoms. The zero-order valence-electron chi connectivity index (χ0n) is 15.9. The fourth-order valence-corrected chi connectivity index (χ4v) is 3.76. The van der Waals surface area contributed by atoms with Crippen LogP contribution in [-0.2, 0) is 16.1 Å². The van der Waals surface area contributed by atoms with Gasteiger partial charge in [0.05, 0.1) is 38.9 Å². The number of amides is 1. The fourth-order valence-electron chi connectivity index (χ4n) is 2.66. The number of halogens is 1. The van der Waals surface area contributed by atoms with Crippen molar-refractivity contribution in [1.29, 1.82) is 0 Å². The van der Waals surface area contributed by atoms with Crippen LogP contribution in [0.25, 0.3) is 11.0 Å². The Bertz CT molecular complexity index is 1030. The summed E-state index contributed by atoms with van der Waals surface area (Å²) >= 11 is 7.36. The highest BCUT2D eigenvalue weighted by molar-refractivity contribution is 7.16. The first kappa shape index (κ1) is 20.2. The van der Waals surface area contributed by atoms with Gasteiger partial charge in [0.25, 0.3) is 5.91 Å². The molecule has 6 nitrogen and oxygen atoms in total. The van der Waals surface area contributed by atoms with Crippen LogP contribution in [0.2, 0.25) is 4.34 Å². The second kappa shape index (κ2) is 8.67. The molecule has 3 aromatic rings. The fraction of sp³-hybridized carbons (Fsp3) is 0.300. The zero-order chi connectivity index (χ0) is 20.3. The molecule has 3 rings (SSSR count). The van der Waals surface area contributed by atoms with Gasteiger partial charge >= 0.3 is 5.97 Å². The van der Waals surface area contributed by atoms with Crippen LogP contribution in [0.3, 0.4) is 0 Å². The molecule has 1 amide bonds. The summed E-state index contributed by atoms with van der Waals surface area (Å²) in [5.41, 5.74) is 3.32. The lowest BCUT2D eigenvalue weighted by atomic mass is 10.2. The van der Waals surface area contributed by atoms with E-state index in [0.29, 0.717) is 34.0 Å². The van der Waals surface area contributed by atoms with Gasteiger partial charge < -0.3 is 9.64 Å². The summed E-state index contributed by atoms with van der Waals surface area (Å²) < 4.78 is 5.89. The lowest BCUT2D eigenvalue weighted by Gasteiger charge is -2.20. The minimum Gasteiger partial charge on any atom is -0.452 e. The van der Waals surface area contributed by atoms with Crippen LogP contribution in [0.15, 0.2) is 30.3 Å². The van der Waals surface area contributed by atoms with Crippen molar-refractivity contribution in [3.8, 4) is 0 Å². The van der Waals surface area contributed by atoms with Crippen LogP contribution in [0.1, 0.15) is 33.5 Å². The summed E-state index contributed by atoms with van der Waals surface area (Å²) in [5.74, 6) is -0.821. The van der Waals surface area contributed by atoms with E-state index in [1.54, 1.807) is 29.2 Å².